The molecule has 22 heavy (non-hydrogen) atoms. The number of hydrogen-bond donors (Lipinski definition) is 2. The van der Waals surface area contributed by atoms with Crippen molar-refractivity contribution in [2.75, 3.05) is 19.8 Å². The minimum Gasteiger partial charge on any atom is -0.494 e. The molecule has 0 radical (unpaired) electrons. The zero-order valence-corrected chi connectivity index (χ0v) is 13.0. The van der Waals surface area contributed by atoms with Gasteiger partial charge in [-0.1, -0.05) is 6.92 Å². The molecule has 3 nitrogen and oxygen atoms in total. The zero-order chi connectivity index (χ0) is 16.8. The highest BCUT2D eigenvalue weighted by molar-refractivity contribution is 5.41. The van der Waals surface area contributed by atoms with Gasteiger partial charge in [0.25, 0.3) is 0 Å². The number of benzene rings is 1. The monoisotopic (exact) mass is 319 g/mol. The quantitative estimate of drug-likeness (QED) is 0.770. The van der Waals surface area contributed by atoms with Crippen LogP contribution in [0.1, 0.15) is 43.7 Å². The van der Waals surface area contributed by atoms with Crippen LogP contribution in [0.2, 0.25) is 0 Å². The number of aliphatic hydroxyl groups is 1. The Balaban J connectivity index is 3.19. The third-order valence-corrected chi connectivity index (χ3v) is 3.78. The van der Waals surface area contributed by atoms with E-state index >= 15 is 0 Å². The van der Waals surface area contributed by atoms with Crippen molar-refractivity contribution in [2.24, 2.45) is 11.7 Å². The molecule has 3 N–H and O–H groups in total. The minimum absolute atomic E-state index is 0.0735. The Morgan fingerprint density at radius 2 is 1.95 bits per heavy atom. The zero-order valence-electron chi connectivity index (χ0n) is 13.0. The van der Waals surface area contributed by atoms with Crippen LogP contribution < -0.4 is 10.5 Å². The summed E-state index contributed by atoms with van der Waals surface area (Å²) in [7, 11) is 0. The number of nitrogens with two attached hydrogens (primary N) is 1. The molecular weight excluding hydrogens is 295 g/mol. The van der Waals surface area contributed by atoms with Gasteiger partial charge in [0.1, 0.15) is 5.75 Å². The summed E-state index contributed by atoms with van der Waals surface area (Å²) >= 11 is 0. The van der Waals surface area contributed by atoms with Crippen molar-refractivity contribution in [1.29, 1.82) is 0 Å². The first-order chi connectivity index (χ1) is 10.4. The van der Waals surface area contributed by atoms with E-state index in [1.807, 2.05) is 6.92 Å². The summed E-state index contributed by atoms with van der Waals surface area (Å²) in [5.74, 6) is 0.203. The van der Waals surface area contributed by atoms with E-state index < -0.39 is 11.7 Å². The topological polar surface area (TPSA) is 55.5 Å². The molecule has 2 unspecified atom stereocenters. The molecule has 0 amide bonds. The van der Waals surface area contributed by atoms with Crippen LogP contribution in [-0.4, -0.2) is 24.9 Å². The Morgan fingerprint density at radius 1 is 1.27 bits per heavy atom. The van der Waals surface area contributed by atoms with Crippen molar-refractivity contribution in [3.63, 3.8) is 0 Å². The van der Waals surface area contributed by atoms with Gasteiger partial charge in [0, 0.05) is 6.61 Å². The third-order valence-electron chi connectivity index (χ3n) is 3.78. The van der Waals surface area contributed by atoms with E-state index in [1.165, 1.54) is 6.07 Å². The highest BCUT2D eigenvalue weighted by atomic mass is 19.4. The second kappa shape index (κ2) is 8.39. The smallest absolute Gasteiger partial charge is 0.416 e. The Morgan fingerprint density at radius 3 is 2.41 bits per heavy atom. The largest absolute Gasteiger partial charge is 0.494 e. The fourth-order valence-corrected chi connectivity index (χ4v) is 2.49. The number of alkyl halides is 3. The third kappa shape index (κ3) is 4.88. The molecule has 1 aromatic carbocycles. The predicted octanol–water partition coefficient (Wildman–Crippen LogP) is 3.56. The van der Waals surface area contributed by atoms with Crippen LogP contribution in [0.15, 0.2) is 18.2 Å². The van der Waals surface area contributed by atoms with E-state index in [0.717, 1.165) is 12.1 Å². The fourth-order valence-electron chi connectivity index (χ4n) is 2.49. The number of ether oxygens (including phenoxy) is 1. The van der Waals surface area contributed by atoms with Crippen molar-refractivity contribution >= 4 is 0 Å². The Labute approximate surface area is 129 Å². The van der Waals surface area contributed by atoms with Crippen molar-refractivity contribution in [2.45, 2.75) is 38.8 Å². The molecule has 0 saturated carbocycles. The molecule has 0 aliphatic heterocycles. The summed E-state index contributed by atoms with van der Waals surface area (Å²) in [6.45, 7) is 4.31. The van der Waals surface area contributed by atoms with Crippen LogP contribution in [0.25, 0.3) is 0 Å². The molecule has 0 aliphatic rings. The Hall–Kier alpha value is -1.27. The molecule has 0 spiro atoms. The predicted molar refractivity (Wildman–Crippen MR) is 79.9 cm³/mol. The van der Waals surface area contributed by atoms with E-state index in [9.17, 15) is 18.3 Å². The molecule has 126 valence electrons. The van der Waals surface area contributed by atoms with Gasteiger partial charge in [-0.25, -0.2) is 0 Å². The summed E-state index contributed by atoms with van der Waals surface area (Å²) in [4.78, 5) is 0. The summed E-state index contributed by atoms with van der Waals surface area (Å²) < 4.78 is 44.3. The molecule has 0 saturated heterocycles. The lowest BCUT2D eigenvalue weighted by Crippen LogP contribution is -2.21. The van der Waals surface area contributed by atoms with Gasteiger partial charge in [-0.2, -0.15) is 13.2 Å². The molecule has 0 bridgehead atoms. The minimum atomic E-state index is -4.39. The van der Waals surface area contributed by atoms with Gasteiger partial charge in [-0.15, -0.1) is 0 Å². The Bertz CT molecular complexity index is 459. The summed E-state index contributed by atoms with van der Waals surface area (Å²) in [6.07, 6.45) is -3.20. The lowest BCUT2D eigenvalue weighted by Gasteiger charge is -2.24. The average Bonchev–Trinajstić information content (AvgIpc) is 2.48. The van der Waals surface area contributed by atoms with Crippen molar-refractivity contribution in [3.8, 4) is 5.75 Å². The van der Waals surface area contributed by atoms with Gasteiger partial charge in [0.15, 0.2) is 0 Å². The normalized spacial score (nSPS) is 14.7. The molecular formula is C16H24F3NO2. The molecule has 6 heteroatoms. The van der Waals surface area contributed by atoms with Crippen molar-refractivity contribution in [3.05, 3.63) is 29.3 Å². The van der Waals surface area contributed by atoms with E-state index in [1.54, 1.807) is 6.92 Å². The highest BCUT2D eigenvalue weighted by Gasteiger charge is 2.32. The molecule has 0 aliphatic carbocycles. The molecule has 0 heterocycles. The van der Waals surface area contributed by atoms with Gasteiger partial charge in [-0.05, 0) is 61.9 Å². The Kier molecular flexibility index (Phi) is 7.16. The van der Waals surface area contributed by atoms with Gasteiger partial charge in [0.05, 0.1) is 12.2 Å². The first-order valence-electron chi connectivity index (χ1n) is 7.52. The number of rotatable bonds is 8. The van der Waals surface area contributed by atoms with Crippen LogP contribution >= 0.6 is 0 Å². The maximum Gasteiger partial charge on any atom is 0.416 e. The number of halogens is 3. The summed E-state index contributed by atoms with van der Waals surface area (Å²) in [5.41, 5.74) is 5.44. The van der Waals surface area contributed by atoms with Gasteiger partial charge in [-0.3, -0.25) is 0 Å². The molecule has 0 aromatic heterocycles. The van der Waals surface area contributed by atoms with Gasteiger partial charge >= 0.3 is 6.18 Å². The van der Waals surface area contributed by atoms with E-state index in [2.05, 4.69) is 0 Å². The van der Waals surface area contributed by atoms with Crippen molar-refractivity contribution in [1.82, 2.24) is 0 Å². The van der Waals surface area contributed by atoms with Crippen LogP contribution in [0, 0.1) is 5.92 Å². The molecule has 1 rings (SSSR count). The molecule has 0 fully saturated rings. The summed E-state index contributed by atoms with van der Waals surface area (Å²) in [5, 5.41) is 9.28. The second-order valence-electron chi connectivity index (χ2n) is 5.31. The first-order valence-corrected chi connectivity index (χ1v) is 7.52. The molecule has 2 atom stereocenters. The van der Waals surface area contributed by atoms with Crippen LogP contribution in [0.4, 0.5) is 13.2 Å². The van der Waals surface area contributed by atoms with Crippen LogP contribution in [0.5, 0.6) is 5.75 Å². The number of hydrogen-bond acceptors (Lipinski definition) is 3. The average molecular weight is 319 g/mol. The van der Waals surface area contributed by atoms with E-state index in [-0.39, 0.29) is 18.4 Å². The standard InChI is InChI=1S/C16H24F3NO2/c1-3-12(7-11(9-20)10-21)14-8-13(16(17,18)19)5-6-15(14)22-4-2/h5-6,8,11-12,21H,3-4,7,9-10,20H2,1-2H3. The lowest BCUT2D eigenvalue weighted by molar-refractivity contribution is -0.137. The summed E-state index contributed by atoms with van der Waals surface area (Å²) in [6, 6.07) is 3.57. The van der Waals surface area contributed by atoms with Crippen LogP contribution in [-0.2, 0) is 6.18 Å². The van der Waals surface area contributed by atoms with Gasteiger partial charge < -0.3 is 15.6 Å². The molecule has 1 aromatic rings. The maximum absolute atomic E-state index is 12.9. The SMILES string of the molecule is CCOc1ccc(C(F)(F)F)cc1C(CC)CC(CN)CO. The van der Waals surface area contributed by atoms with Gasteiger partial charge in [0.2, 0.25) is 0 Å². The highest BCUT2D eigenvalue weighted by Crippen LogP contribution is 2.38. The van der Waals surface area contributed by atoms with E-state index in [4.69, 9.17) is 10.5 Å². The maximum atomic E-state index is 12.9. The van der Waals surface area contributed by atoms with E-state index in [0.29, 0.717) is 37.3 Å². The van der Waals surface area contributed by atoms with Crippen LogP contribution in [0.3, 0.4) is 0 Å². The second-order valence-corrected chi connectivity index (χ2v) is 5.31. The first kappa shape index (κ1) is 18.8. The van der Waals surface area contributed by atoms with Crippen molar-refractivity contribution < 1.29 is 23.0 Å². The number of aliphatic hydroxyl groups excluding tert-OH is 1. The fraction of sp³-hybridized carbons (Fsp3) is 0.625. The lowest BCUT2D eigenvalue weighted by atomic mass is 9.86.